The Morgan fingerprint density at radius 3 is 2.54 bits per heavy atom. The Morgan fingerprint density at radius 2 is 1.75 bits per heavy atom. The van der Waals surface area contributed by atoms with Crippen LogP contribution in [-0.2, 0) is 0 Å². The van der Waals surface area contributed by atoms with E-state index in [1.165, 1.54) is 32.0 Å². The first-order valence-corrected chi connectivity index (χ1v) is 8.88. The third-order valence-corrected chi connectivity index (χ3v) is 5.36. The molecule has 1 unspecified atom stereocenters. The fraction of sp³-hybridized carbons (Fsp3) is 0.611. The molecule has 0 aromatic heterocycles. The van der Waals surface area contributed by atoms with Crippen LogP contribution >= 0.6 is 0 Å². The average Bonchev–Trinajstić information content (AvgIpc) is 3.20. The number of hydrogen-bond acceptors (Lipinski definition) is 5. The summed E-state index contributed by atoms with van der Waals surface area (Å²) >= 11 is 0. The highest BCUT2D eigenvalue weighted by Crippen LogP contribution is 2.38. The number of amides is 1. The summed E-state index contributed by atoms with van der Waals surface area (Å²) in [4.78, 5) is 17.3. The lowest BCUT2D eigenvalue weighted by Crippen LogP contribution is -2.35. The molecule has 0 saturated carbocycles. The van der Waals surface area contributed by atoms with Crippen LogP contribution in [0.2, 0.25) is 0 Å². The van der Waals surface area contributed by atoms with Gasteiger partial charge in [0.15, 0.2) is 11.5 Å². The van der Waals surface area contributed by atoms with Gasteiger partial charge in [0.1, 0.15) is 5.75 Å². The number of hydrogen-bond donors (Lipinski definition) is 1. The number of rotatable bonds is 2. The third kappa shape index (κ3) is 2.90. The second-order valence-electron chi connectivity index (χ2n) is 6.84. The molecular weight excluding hydrogens is 308 g/mol. The van der Waals surface area contributed by atoms with Gasteiger partial charge in [-0.2, -0.15) is 0 Å². The molecule has 0 radical (unpaired) electrons. The topological polar surface area (TPSA) is 62.2 Å². The Morgan fingerprint density at radius 1 is 1.00 bits per heavy atom. The summed E-state index contributed by atoms with van der Waals surface area (Å²) in [6.45, 7) is 4.02. The van der Waals surface area contributed by atoms with Crippen LogP contribution in [0, 0.1) is 0 Å². The van der Waals surface area contributed by atoms with Crippen LogP contribution in [0.3, 0.4) is 0 Å². The summed E-state index contributed by atoms with van der Waals surface area (Å²) in [6.07, 6.45) is 5.76. The first-order valence-electron chi connectivity index (χ1n) is 8.88. The van der Waals surface area contributed by atoms with E-state index < -0.39 is 0 Å². The van der Waals surface area contributed by atoms with E-state index in [2.05, 4.69) is 4.90 Å². The van der Waals surface area contributed by atoms with Crippen molar-refractivity contribution in [1.82, 2.24) is 9.80 Å². The maximum absolute atomic E-state index is 12.9. The maximum atomic E-state index is 12.9. The number of carbonyl (C=O) groups is 1. The number of benzene rings is 1. The molecule has 4 rings (SSSR count). The molecule has 6 nitrogen and oxygen atoms in total. The van der Waals surface area contributed by atoms with Gasteiger partial charge >= 0.3 is 0 Å². The molecule has 1 N–H and O–H groups in total. The minimum Gasteiger partial charge on any atom is -0.507 e. The van der Waals surface area contributed by atoms with E-state index >= 15 is 0 Å². The van der Waals surface area contributed by atoms with E-state index in [1.807, 2.05) is 4.90 Å². The zero-order valence-electron chi connectivity index (χ0n) is 13.9. The highest BCUT2D eigenvalue weighted by Gasteiger charge is 2.29. The number of phenolic OH excluding ortho intramolecular Hbond substituents is 1. The number of aromatic hydroxyl groups is 1. The lowest BCUT2D eigenvalue weighted by Gasteiger charge is -2.26. The van der Waals surface area contributed by atoms with Crippen molar-refractivity contribution in [2.24, 2.45) is 0 Å². The second-order valence-corrected chi connectivity index (χ2v) is 6.84. The largest absolute Gasteiger partial charge is 0.507 e. The molecule has 1 amide bonds. The summed E-state index contributed by atoms with van der Waals surface area (Å²) < 4.78 is 10.6. The maximum Gasteiger partial charge on any atom is 0.257 e. The van der Waals surface area contributed by atoms with Gasteiger partial charge < -0.3 is 24.4 Å². The molecule has 0 spiro atoms. The summed E-state index contributed by atoms with van der Waals surface area (Å²) in [5, 5.41) is 10.2. The van der Waals surface area contributed by atoms with Crippen LogP contribution in [0.15, 0.2) is 12.1 Å². The van der Waals surface area contributed by atoms with Crippen molar-refractivity contribution in [2.75, 3.05) is 33.0 Å². The highest BCUT2D eigenvalue weighted by atomic mass is 16.7. The molecule has 3 heterocycles. The van der Waals surface area contributed by atoms with Crippen LogP contribution in [0.5, 0.6) is 17.2 Å². The Balaban J connectivity index is 1.46. The van der Waals surface area contributed by atoms with Gasteiger partial charge in [-0.05, 0) is 45.2 Å². The van der Waals surface area contributed by atoms with Gasteiger partial charge in [-0.25, -0.2) is 0 Å². The van der Waals surface area contributed by atoms with E-state index in [-0.39, 0.29) is 18.4 Å². The van der Waals surface area contributed by atoms with Gasteiger partial charge in [-0.15, -0.1) is 0 Å². The van der Waals surface area contributed by atoms with Crippen LogP contribution in [0.1, 0.15) is 42.5 Å². The fourth-order valence-corrected chi connectivity index (χ4v) is 4.03. The molecule has 2 saturated heterocycles. The Bertz CT molecular complexity index is 628. The number of ether oxygens (including phenoxy) is 2. The molecule has 3 aliphatic heterocycles. The predicted octanol–water partition coefficient (Wildman–Crippen LogP) is 2.21. The molecule has 1 aromatic rings. The van der Waals surface area contributed by atoms with Crippen molar-refractivity contribution in [2.45, 2.75) is 38.1 Å². The molecule has 0 bridgehead atoms. The van der Waals surface area contributed by atoms with Gasteiger partial charge in [-0.1, -0.05) is 0 Å². The predicted molar refractivity (Wildman–Crippen MR) is 88.6 cm³/mol. The Hall–Kier alpha value is -1.95. The van der Waals surface area contributed by atoms with E-state index in [1.54, 1.807) is 6.07 Å². The molecule has 1 atom stereocenters. The summed E-state index contributed by atoms with van der Waals surface area (Å²) in [5.41, 5.74) is 0.305. The zero-order chi connectivity index (χ0) is 16.5. The number of likely N-dealkylation sites (tertiary alicyclic amines) is 2. The zero-order valence-corrected chi connectivity index (χ0v) is 13.9. The Labute approximate surface area is 141 Å². The first-order chi connectivity index (χ1) is 11.7. The van der Waals surface area contributed by atoms with Gasteiger partial charge in [-0.3, -0.25) is 4.79 Å². The van der Waals surface area contributed by atoms with Crippen LogP contribution in [0.25, 0.3) is 0 Å². The minimum atomic E-state index is -0.118. The molecule has 1 aromatic carbocycles. The lowest BCUT2D eigenvalue weighted by atomic mass is 10.1. The fourth-order valence-electron chi connectivity index (χ4n) is 4.03. The molecule has 2 fully saturated rings. The van der Waals surface area contributed by atoms with Gasteiger partial charge in [0.25, 0.3) is 5.91 Å². The van der Waals surface area contributed by atoms with Crippen molar-refractivity contribution in [3.63, 3.8) is 0 Å². The van der Waals surface area contributed by atoms with Crippen molar-refractivity contribution in [3.8, 4) is 17.2 Å². The van der Waals surface area contributed by atoms with Crippen LogP contribution < -0.4 is 9.47 Å². The lowest BCUT2D eigenvalue weighted by molar-refractivity contribution is 0.0754. The minimum absolute atomic E-state index is 0.0374. The quantitative estimate of drug-likeness (QED) is 0.900. The summed E-state index contributed by atoms with van der Waals surface area (Å²) in [5.74, 6) is 0.868. The van der Waals surface area contributed by atoms with Crippen molar-refractivity contribution < 1.29 is 19.4 Å². The van der Waals surface area contributed by atoms with E-state index in [0.717, 1.165) is 32.4 Å². The molecule has 24 heavy (non-hydrogen) atoms. The third-order valence-electron chi connectivity index (χ3n) is 5.36. The van der Waals surface area contributed by atoms with E-state index in [9.17, 15) is 9.90 Å². The number of phenols is 1. The van der Waals surface area contributed by atoms with Crippen molar-refractivity contribution in [1.29, 1.82) is 0 Å². The Kier molecular flexibility index (Phi) is 4.22. The van der Waals surface area contributed by atoms with Gasteiger partial charge in [0.05, 0.1) is 5.56 Å². The van der Waals surface area contributed by atoms with Crippen LogP contribution in [-0.4, -0.2) is 59.8 Å². The number of fused-ring (bicyclic) bond motifs is 1. The smallest absolute Gasteiger partial charge is 0.257 e. The van der Waals surface area contributed by atoms with Gasteiger partial charge in [0.2, 0.25) is 6.79 Å². The number of carbonyl (C=O) groups excluding carboxylic acids is 1. The molecule has 6 heteroatoms. The highest BCUT2D eigenvalue weighted by molar-refractivity contribution is 5.97. The van der Waals surface area contributed by atoms with E-state index in [4.69, 9.17) is 9.47 Å². The van der Waals surface area contributed by atoms with E-state index in [0.29, 0.717) is 23.1 Å². The average molecular weight is 332 g/mol. The standard InChI is InChI=1S/C18H24N2O4/c21-15-11-17-16(23-12-24-17)10-14(15)18(22)20-8-3-4-13(5-9-20)19-6-1-2-7-19/h10-11,13,21H,1-9,12H2. The first kappa shape index (κ1) is 15.6. The molecule has 0 aliphatic carbocycles. The normalized spacial score (nSPS) is 24.2. The summed E-state index contributed by atoms with van der Waals surface area (Å²) in [7, 11) is 0. The van der Waals surface area contributed by atoms with Crippen molar-refractivity contribution >= 4 is 5.91 Å². The molecular formula is C18H24N2O4. The summed E-state index contributed by atoms with van der Waals surface area (Å²) in [6, 6.07) is 3.67. The van der Waals surface area contributed by atoms with Gasteiger partial charge in [0, 0.05) is 31.3 Å². The van der Waals surface area contributed by atoms with Crippen LogP contribution in [0.4, 0.5) is 0 Å². The van der Waals surface area contributed by atoms with Crippen molar-refractivity contribution in [3.05, 3.63) is 17.7 Å². The second kappa shape index (κ2) is 6.51. The molecule has 130 valence electrons. The SMILES string of the molecule is O=C(c1cc2c(cc1O)OCO2)N1CCCC(N2CCCC2)CC1. The molecule has 3 aliphatic rings. The monoisotopic (exact) mass is 332 g/mol. The number of nitrogens with zero attached hydrogens (tertiary/aromatic N) is 2.